The summed E-state index contributed by atoms with van der Waals surface area (Å²) >= 11 is 0. The van der Waals surface area contributed by atoms with Gasteiger partial charge in [0.15, 0.2) is 17.6 Å². The minimum absolute atomic E-state index is 0.136. The molecule has 2 aliphatic rings. The molecule has 5 rings (SSSR count). The molecule has 3 aromatic rings. The van der Waals surface area contributed by atoms with Crippen LogP contribution in [-0.4, -0.2) is 27.0 Å². The van der Waals surface area contributed by atoms with Crippen LogP contribution in [0.4, 0.5) is 8.78 Å². The lowest BCUT2D eigenvalue weighted by Gasteiger charge is -2.17. The molecular weight excluding hydrogens is 548 g/mol. The van der Waals surface area contributed by atoms with Crippen LogP contribution in [-0.2, 0) is 10.7 Å². The molecule has 43 heavy (non-hydrogen) atoms. The number of unbranched alkanes of at least 4 members (excludes halogenated alkanes) is 8. The summed E-state index contributed by atoms with van der Waals surface area (Å²) in [6, 6.07) is 10.3. The van der Waals surface area contributed by atoms with Crippen LogP contribution < -0.4 is 9.47 Å². The zero-order valence-electron chi connectivity index (χ0n) is 25.2. The van der Waals surface area contributed by atoms with Crippen molar-refractivity contribution in [3.05, 3.63) is 54.5 Å². The molecule has 1 fully saturated rings. The predicted octanol–water partition coefficient (Wildman–Crippen LogP) is 9.46. The molecule has 8 heteroatoms. The number of aromatic nitrogens is 3. The Labute approximate surface area is 253 Å². The molecule has 0 radical (unpaired) electrons. The number of pyridine rings is 1. The predicted molar refractivity (Wildman–Crippen MR) is 163 cm³/mol. The Morgan fingerprint density at radius 3 is 2.21 bits per heavy atom. The maximum atomic E-state index is 15.3. The van der Waals surface area contributed by atoms with Crippen molar-refractivity contribution in [1.29, 1.82) is 0 Å². The molecular formula is C35H43F2N3O3. The van der Waals surface area contributed by atoms with Gasteiger partial charge in [-0.3, -0.25) is 4.79 Å². The van der Waals surface area contributed by atoms with Crippen LogP contribution in [0.3, 0.4) is 0 Å². The van der Waals surface area contributed by atoms with Crippen molar-refractivity contribution in [2.75, 3.05) is 0 Å². The number of carbonyl (C=O) groups is 1. The summed E-state index contributed by atoms with van der Waals surface area (Å²) < 4.78 is 41.6. The first-order chi connectivity index (χ1) is 20.9. The van der Waals surface area contributed by atoms with Gasteiger partial charge in [-0.1, -0.05) is 89.7 Å². The molecule has 230 valence electrons. The Balaban J connectivity index is 1.10. The van der Waals surface area contributed by atoms with Crippen LogP contribution in [0.15, 0.2) is 48.8 Å². The van der Waals surface area contributed by atoms with Crippen LogP contribution in [0.1, 0.15) is 109 Å². The van der Waals surface area contributed by atoms with Crippen molar-refractivity contribution >= 4 is 5.97 Å². The summed E-state index contributed by atoms with van der Waals surface area (Å²) in [5.74, 6) is -1.50. The molecule has 0 bridgehead atoms. The number of nitrogens with zero attached hydrogens (tertiary/aromatic N) is 3. The summed E-state index contributed by atoms with van der Waals surface area (Å²) in [7, 11) is 0. The van der Waals surface area contributed by atoms with Gasteiger partial charge in [-0.15, -0.1) is 0 Å². The molecule has 1 aliphatic carbocycles. The zero-order valence-corrected chi connectivity index (χ0v) is 25.2. The van der Waals surface area contributed by atoms with Gasteiger partial charge in [-0.2, -0.15) is 8.78 Å². The first-order valence-electron chi connectivity index (χ1n) is 16.1. The average Bonchev–Trinajstić information content (AvgIpc) is 3.81. The highest BCUT2D eigenvalue weighted by atomic mass is 19.3. The molecule has 1 aliphatic heterocycles. The fourth-order valence-corrected chi connectivity index (χ4v) is 5.60. The quantitative estimate of drug-likeness (QED) is 0.0884. The molecule has 6 nitrogen and oxygen atoms in total. The minimum atomic E-state index is -3.16. The van der Waals surface area contributed by atoms with E-state index in [1.165, 1.54) is 44.9 Å². The Bertz CT molecular complexity index is 1330. The fraction of sp³-hybridized carbons (Fsp3) is 0.543. The number of fused-ring (bicyclic) bond motifs is 1. The third-order valence-corrected chi connectivity index (χ3v) is 8.41. The highest BCUT2D eigenvalue weighted by Gasteiger charge is 2.52. The van der Waals surface area contributed by atoms with Crippen molar-refractivity contribution in [3.63, 3.8) is 0 Å². The molecule has 0 N–H and O–H groups in total. The third kappa shape index (κ3) is 8.58. The van der Waals surface area contributed by atoms with Gasteiger partial charge < -0.3 is 9.47 Å². The van der Waals surface area contributed by atoms with Gasteiger partial charge in [0.25, 0.3) is 0 Å². The standard InChI is InChI=1S/C35H43F2N3O3/c1-2-3-9-14-32(41)42-28-19-17-26(18-20-28)27-23-38-34(39-24-27)29-21-22-30-33(40-29)35(36,37)31(43-30)13-11-8-6-4-5-7-10-12-25-15-16-25/h17-25,31H,2-16H2,1H3. The Kier molecular flexibility index (Phi) is 10.7. The van der Waals surface area contributed by atoms with Gasteiger partial charge in [0.1, 0.15) is 17.2 Å². The number of benzene rings is 1. The van der Waals surface area contributed by atoms with Crippen LogP contribution in [0, 0.1) is 5.92 Å². The molecule has 3 heterocycles. The SMILES string of the molecule is CCCCCC(=O)Oc1ccc(-c2cnc(-c3ccc4c(n3)C(F)(F)C(CCCCCCCCCC3CC3)O4)nc2)cc1. The van der Waals surface area contributed by atoms with Crippen LogP contribution in [0.5, 0.6) is 11.5 Å². The Hall–Kier alpha value is -3.42. The fourth-order valence-electron chi connectivity index (χ4n) is 5.60. The normalized spacial score (nSPS) is 17.0. The van der Waals surface area contributed by atoms with E-state index in [2.05, 4.69) is 21.9 Å². The first kappa shape index (κ1) is 31.0. The summed E-state index contributed by atoms with van der Waals surface area (Å²) in [4.78, 5) is 25.0. The number of rotatable bonds is 17. The molecule has 1 unspecified atom stereocenters. The molecule has 1 atom stereocenters. The Morgan fingerprint density at radius 1 is 0.860 bits per heavy atom. The van der Waals surface area contributed by atoms with E-state index in [1.807, 2.05) is 12.1 Å². The van der Waals surface area contributed by atoms with E-state index < -0.39 is 12.0 Å². The van der Waals surface area contributed by atoms with Crippen molar-refractivity contribution in [3.8, 4) is 34.1 Å². The van der Waals surface area contributed by atoms with Crippen LogP contribution in [0.25, 0.3) is 22.6 Å². The van der Waals surface area contributed by atoms with Crippen molar-refractivity contribution < 1.29 is 23.0 Å². The summed E-state index contributed by atoms with van der Waals surface area (Å²) in [6.07, 6.45) is 17.7. The molecule has 0 amide bonds. The van der Waals surface area contributed by atoms with Gasteiger partial charge >= 0.3 is 11.9 Å². The average molecular weight is 592 g/mol. The maximum Gasteiger partial charge on any atom is 0.329 e. The maximum absolute atomic E-state index is 15.3. The van der Waals surface area contributed by atoms with E-state index in [9.17, 15) is 4.79 Å². The van der Waals surface area contributed by atoms with Crippen LogP contribution >= 0.6 is 0 Å². The van der Waals surface area contributed by atoms with E-state index in [4.69, 9.17) is 9.47 Å². The second kappa shape index (κ2) is 14.8. The van der Waals surface area contributed by atoms with Gasteiger partial charge in [0, 0.05) is 24.4 Å². The third-order valence-electron chi connectivity index (χ3n) is 8.41. The highest BCUT2D eigenvalue weighted by Crippen LogP contribution is 2.46. The second-order valence-electron chi connectivity index (χ2n) is 12.0. The Morgan fingerprint density at radius 2 is 1.53 bits per heavy atom. The lowest BCUT2D eigenvalue weighted by molar-refractivity contribution is -0.134. The van der Waals surface area contributed by atoms with Crippen LogP contribution in [0.2, 0.25) is 0 Å². The number of hydrogen-bond acceptors (Lipinski definition) is 6. The molecule has 0 saturated heterocycles. The number of hydrogen-bond donors (Lipinski definition) is 0. The summed E-state index contributed by atoms with van der Waals surface area (Å²) in [6.45, 7) is 2.09. The largest absolute Gasteiger partial charge is 0.482 e. The van der Waals surface area contributed by atoms with Gasteiger partial charge in [0.2, 0.25) is 0 Å². The van der Waals surface area contributed by atoms with E-state index in [-0.39, 0.29) is 28.9 Å². The number of ether oxygens (including phenoxy) is 2. The number of carbonyl (C=O) groups excluding carboxylic acids is 1. The van der Waals surface area contributed by atoms with Gasteiger partial charge in [-0.05, 0) is 55.0 Å². The topological polar surface area (TPSA) is 74.2 Å². The zero-order chi connectivity index (χ0) is 30.1. The first-order valence-corrected chi connectivity index (χ1v) is 16.1. The molecule has 2 aromatic heterocycles. The monoisotopic (exact) mass is 591 g/mol. The molecule has 1 saturated carbocycles. The van der Waals surface area contributed by atoms with Crippen molar-refractivity contribution in [2.45, 2.75) is 115 Å². The summed E-state index contributed by atoms with van der Waals surface area (Å²) in [5, 5.41) is 0. The summed E-state index contributed by atoms with van der Waals surface area (Å²) in [5.41, 5.74) is 1.53. The van der Waals surface area contributed by atoms with E-state index in [1.54, 1.807) is 36.7 Å². The number of halogens is 2. The van der Waals surface area contributed by atoms with E-state index in [0.717, 1.165) is 55.6 Å². The molecule has 0 spiro atoms. The lowest BCUT2D eigenvalue weighted by atomic mass is 10.0. The smallest absolute Gasteiger partial charge is 0.329 e. The van der Waals surface area contributed by atoms with E-state index >= 15 is 8.78 Å². The number of alkyl halides is 2. The lowest BCUT2D eigenvalue weighted by Crippen LogP contribution is -2.30. The van der Waals surface area contributed by atoms with E-state index in [0.29, 0.717) is 18.6 Å². The highest BCUT2D eigenvalue weighted by molar-refractivity contribution is 5.73. The van der Waals surface area contributed by atoms with Crippen molar-refractivity contribution in [2.24, 2.45) is 5.92 Å². The van der Waals surface area contributed by atoms with Gasteiger partial charge in [0.05, 0.1) is 0 Å². The second-order valence-corrected chi connectivity index (χ2v) is 12.0. The number of esters is 1. The van der Waals surface area contributed by atoms with Gasteiger partial charge in [-0.25, -0.2) is 15.0 Å². The molecule has 1 aromatic carbocycles. The minimum Gasteiger partial charge on any atom is -0.482 e. The van der Waals surface area contributed by atoms with Crippen molar-refractivity contribution in [1.82, 2.24) is 15.0 Å².